The quantitative estimate of drug-likeness (QED) is 0.535. The fourth-order valence-electron chi connectivity index (χ4n) is 1.10. The molecule has 0 fully saturated rings. The Labute approximate surface area is 107 Å². The molecule has 0 spiro atoms. The standard InChI is InChI=1S/C8H6BrF3N4S/c9-4(8(10,11)12)1-17-7-5-6(14-2-13-5)15-3-16-7/h2-4H,1H2,(H,13,14,15,16). The van der Waals surface area contributed by atoms with Crippen LogP contribution < -0.4 is 0 Å². The second-order valence-electron chi connectivity index (χ2n) is 3.10. The summed E-state index contributed by atoms with van der Waals surface area (Å²) < 4.78 is 36.9. The molecule has 9 heteroatoms. The van der Waals surface area contributed by atoms with E-state index >= 15 is 0 Å². The number of hydrogen-bond donors (Lipinski definition) is 1. The Morgan fingerprint density at radius 1 is 1.35 bits per heavy atom. The first kappa shape index (κ1) is 12.6. The minimum atomic E-state index is -4.26. The lowest BCUT2D eigenvalue weighted by molar-refractivity contribution is -0.122. The average Bonchev–Trinajstić information content (AvgIpc) is 2.72. The van der Waals surface area contributed by atoms with Crippen LogP contribution in [0.2, 0.25) is 0 Å². The van der Waals surface area contributed by atoms with Gasteiger partial charge in [0.15, 0.2) is 5.65 Å². The van der Waals surface area contributed by atoms with E-state index in [2.05, 4.69) is 35.9 Å². The van der Waals surface area contributed by atoms with Crippen LogP contribution >= 0.6 is 27.7 Å². The summed E-state index contributed by atoms with van der Waals surface area (Å²) >= 11 is 3.60. The summed E-state index contributed by atoms with van der Waals surface area (Å²) in [6.07, 6.45) is -1.55. The lowest BCUT2D eigenvalue weighted by atomic mass is 10.5. The topological polar surface area (TPSA) is 54.5 Å². The van der Waals surface area contributed by atoms with E-state index in [1.54, 1.807) is 0 Å². The molecule has 1 N–H and O–H groups in total. The van der Waals surface area contributed by atoms with Crippen LogP contribution in [0.4, 0.5) is 13.2 Å². The average molecular weight is 327 g/mol. The third-order valence-corrected chi connectivity index (χ3v) is 4.26. The molecule has 0 aliphatic heterocycles. The molecule has 2 heterocycles. The number of aromatic amines is 1. The van der Waals surface area contributed by atoms with Gasteiger partial charge in [-0.3, -0.25) is 0 Å². The monoisotopic (exact) mass is 326 g/mol. The van der Waals surface area contributed by atoms with Crippen molar-refractivity contribution in [1.29, 1.82) is 0 Å². The molecule has 0 aliphatic carbocycles. The van der Waals surface area contributed by atoms with Gasteiger partial charge in [0, 0.05) is 5.75 Å². The molecule has 2 aromatic heterocycles. The highest BCUT2D eigenvalue weighted by atomic mass is 79.9. The van der Waals surface area contributed by atoms with Gasteiger partial charge < -0.3 is 4.98 Å². The summed E-state index contributed by atoms with van der Waals surface area (Å²) in [5, 5.41) is 0.459. The first-order valence-corrected chi connectivity index (χ1v) is 6.36. The lowest BCUT2D eigenvalue weighted by Crippen LogP contribution is -2.24. The van der Waals surface area contributed by atoms with E-state index in [0.29, 0.717) is 16.2 Å². The Bertz CT molecular complexity index is 515. The second kappa shape index (κ2) is 4.81. The van der Waals surface area contributed by atoms with Gasteiger partial charge in [-0.15, -0.1) is 11.8 Å². The minimum absolute atomic E-state index is 0.158. The Morgan fingerprint density at radius 2 is 2.12 bits per heavy atom. The summed E-state index contributed by atoms with van der Waals surface area (Å²) in [5.74, 6) is -0.158. The molecule has 1 atom stereocenters. The molecule has 0 aromatic carbocycles. The van der Waals surface area contributed by atoms with Crippen molar-refractivity contribution < 1.29 is 13.2 Å². The SMILES string of the molecule is FC(F)(F)C(Br)CSc1ncnc2nc[nH]c12. The van der Waals surface area contributed by atoms with Crippen LogP contribution in [0, 0.1) is 0 Å². The number of alkyl halides is 4. The lowest BCUT2D eigenvalue weighted by Gasteiger charge is -2.12. The highest BCUT2D eigenvalue weighted by Gasteiger charge is 2.37. The number of hydrogen-bond acceptors (Lipinski definition) is 4. The Kier molecular flexibility index (Phi) is 3.57. The highest BCUT2D eigenvalue weighted by molar-refractivity contribution is 9.09. The van der Waals surface area contributed by atoms with E-state index in [4.69, 9.17) is 0 Å². The van der Waals surface area contributed by atoms with Crippen molar-refractivity contribution in [2.75, 3.05) is 5.75 Å². The summed E-state index contributed by atoms with van der Waals surface area (Å²) in [6, 6.07) is 0. The molecule has 2 aromatic rings. The molecule has 0 amide bonds. The number of H-pyrrole nitrogens is 1. The molecule has 0 bridgehead atoms. The van der Waals surface area contributed by atoms with E-state index in [1.807, 2.05) is 0 Å². The van der Waals surface area contributed by atoms with Crippen molar-refractivity contribution >= 4 is 38.9 Å². The fourth-order valence-corrected chi connectivity index (χ4v) is 2.40. The van der Waals surface area contributed by atoms with Gasteiger partial charge in [0.1, 0.15) is 21.7 Å². The van der Waals surface area contributed by atoms with Crippen LogP contribution in [0.1, 0.15) is 0 Å². The number of aromatic nitrogens is 4. The summed E-state index contributed by atoms with van der Waals surface area (Å²) in [5.41, 5.74) is 1.00. The van der Waals surface area contributed by atoms with Crippen LogP contribution in [0.15, 0.2) is 17.7 Å². The maximum atomic E-state index is 12.3. The largest absolute Gasteiger partial charge is 0.402 e. The Balaban J connectivity index is 2.12. The normalized spacial score (nSPS) is 14.1. The molecule has 0 aliphatic rings. The number of fused-ring (bicyclic) bond motifs is 1. The van der Waals surface area contributed by atoms with Crippen molar-refractivity contribution in [1.82, 2.24) is 19.9 Å². The number of nitrogens with zero attached hydrogens (tertiary/aromatic N) is 3. The van der Waals surface area contributed by atoms with Crippen LogP contribution in [0.25, 0.3) is 11.2 Å². The Hall–Kier alpha value is -0.830. The number of rotatable bonds is 3. The van der Waals surface area contributed by atoms with Gasteiger partial charge in [-0.1, -0.05) is 15.9 Å². The number of thioether (sulfide) groups is 1. The van der Waals surface area contributed by atoms with E-state index in [9.17, 15) is 13.2 Å². The van der Waals surface area contributed by atoms with Crippen LogP contribution in [0.3, 0.4) is 0 Å². The first-order valence-electron chi connectivity index (χ1n) is 4.46. The molecule has 0 saturated heterocycles. The number of imidazole rings is 1. The first-order chi connectivity index (χ1) is 7.98. The molecular formula is C8H6BrF3N4S. The van der Waals surface area contributed by atoms with Gasteiger partial charge in [0.2, 0.25) is 0 Å². The second-order valence-corrected chi connectivity index (χ2v) is 5.21. The van der Waals surface area contributed by atoms with Gasteiger partial charge in [-0.2, -0.15) is 13.2 Å². The van der Waals surface area contributed by atoms with E-state index in [-0.39, 0.29) is 5.75 Å². The molecule has 0 saturated carbocycles. The van der Waals surface area contributed by atoms with Gasteiger partial charge in [0.05, 0.1) is 6.33 Å². The van der Waals surface area contributed by atoms with Crippen molar-refractivity contribution in [2.24, 2.45) is 0 Å². The zero-order chi connectivity index (χ0) is 12.5. The third kappa shape index (κ3) is 2.89. The molecular weight excluding hydrogens is 321 g/mol. The molecule has 17 heavy (non-hydrogen) atoms. The number of nitrogens with one attached hydrogen (secondary N) is 1. The van der Waals surface area contributed by atoms with Gasteiger partial charge in [-0.05, 0) is 0 Å². The van der Waals surface area contributed by atoms with Crippen molar-refractivity contribution in [3.63, 3.8) is 0 Å². The zero-order valence-electron chi connectivity index (χ0n) is 8.20. The van der Waals surface area contributed by atoms with E-state index in [0.717, 1.165) is 11.8 Å². The minimum Gasteiger partial charge on any atom is -0.341 e. The number of halogens is 4. The van der Waals surface area contributed by atoms with Gasteiger partial charge in [-0.25, -0.2) is 15.0 Å². The van der Waals surface area contributed by atoms with Crippen molar-refractivity contribution in [2.45, 2.75) is 16.0 Å². The zero-order valence-corrected chi connectivity index (χ0v) is 10.6. The predicted octanol–water partition coefficient (Wildman–Crippen LogP) is 2.77. The molecule has 1 unspecified atom stereocenters. The highest BCUT2D eigenvalue weighted by Crippen LogP contribution is 2.32. The molecule has 2 rings (SSSR count). The van der Waals surface area contributed by atoms with Crippen molar-refractivity contribution in [3.05, 3.63) is 12.7 Å². The Morgan fingerprint density at radius 3 is 2.82 bits per heavy atom. The van der Waals surface area contributed by atoms with E-state index in [1.165, 1.54) is 12.7 Å². The summed E-state index contributed by atoms with van der Waals surface area (Å²) in [7, 11) is 0. The summed E-state index contributed by atoms with van der Waals surface area (Å²) in [6.45, 7) is 0. The fraction of sp³-hybridized carbons (Fsp3) is 0.375. The smallest absolute Gasteiger partial charge is 0.341 e. The van der Waals surface area contributed by atoms with Gasteiger partial charge >= 0.3 is 6.18 Å². The van der Waals surface area contributed by atoms with Crippen LogP contribution in [0.5, 0.6) is 0 Å². The third-order valence-electron chi connectivity index (χ3n) is 1.91. The van der Waals surface area contributed by atoms with Crippen LogP contribution in [-0.4, -0.2) is 36.7 Å². The van der Waals surface area contributed by atoms with Crippen LogP contribution in [-0.2, 0) is 0 Å². The van der Waals surface area contributed by atoms with Gasteiger partial charge in [0.25, 0.3) is 0 Å². The maximum absolute atomic E-state index is 12.3. The maximum Gasteiger partial charge on any atom is 0.402 e. The summed E-state index contributed by atoms with van der Waals surface area (Å²) in [4.78, 5) is 12.9. The molecule has 92 valence electrons. The van der Waals surface area contributed by atoms with Crippen molar-refractivity contribution in [3.8, 4) is 0 Å². The predicted molar refractivity (Wildman–Crippen MR) is 61.2 cm³/mol. The molecule has 4 nitrogen and oxygen atoms in total. The van der Waals surface area contributed by atoms with E-state index < -0.39 is 11.0 Å². The molecule has 0 radical (unpaired) electrons.